The van der Waals surface area contributed by atoms with E-state index in [0.29, 0.717) is 0 Å². The standard InChI is InChI=1S/C7H7ClFNO/c1-11-7-4(8)2-3-5(10)6(7)9/h2-3H,10H2,1H3. The Morgan fingerprint density at radius 3 is 2.64 bits per heavy atom. The van der Waals surface area contributed by atoms with Crippen LogP contribution < -0.4 is 10.5 Å². The summed E-state index contributed by atoms with van der Waals surface area (Å²) in [5.74, 6) is -0.619. The molecular weight excluding hydrogens is 169 g/mol. The van der Waals surface area contributed by atoms with E-state index < -0.39 is 5.82 Å². The fraction of sp³-hybridized carbons (Fsp3) is 0.143. The third-order valence-corrected chi connectivity index (χ3v) is 1.58. The largest absolute Gasteiger partial charge is 0.492 e. The van der Waals surface area contributed by atoms with Gasteiger partial charge in [0.05, 0.1) is 17.8 Å². The zero-order valence-electron chi connectivity index (χ0n) is 5.90. The highest BCUT2D eigenvalue weighted by molar-refractivity contribution is 6.32. The van der Waals surface area contributed by atoms with E-state index in [-0.39, 0.29) is 16.5 Å². The SMILES string of the molecule is COc1c(Cl)ccc(N)c1F. The molecule has 11 heavy (non-hydrogen) atoms. The minimum atomic E-state index is -0.611. The number of methoxy groups -OCH3 is 1. The van der Waals surface area contributed by atoms with Gasteiger partial charge >= 0.3 is 0 Å². The van der Waals surface area contributed by atoms with Gasteiger partial charge in [0.15, 0.2) is 11.6 Å². The molecule has 0 saturated carbocycles. The molecule has 1 rings (SSSR count). The third-order valence-electron chi connectivity index (χ3n) is 1.28. The number of ether oxygens (including phenoxy) is 1. The van der Waals surface area contributed by atoms with Crippen molar-refractivity contribution in [2.24, 2.45) is 0 Å². The topological polar surface area (TPSA) is 35.2 Å². The zero-order chi connectivity index (χ0) is 8.43. The fourth-order valence-electron chi connectivity index (χ4n) is 0.735. The summed E-state index contributed by atoms with van der Waals surface area (Å²) in [6, 6.07) is 2.87. The van der Waals surface area contributed by atoms with Crippen LogP contribution in [0.3, 0.4) is 0 Å². The molecule has 0 aliphatic heterocycles. The molecule has 0 heterocycles. The van der Waals surface area contributed by atoms with Crippen molar-refractivity contribution in [2.75, 3.05) is 12.8 Å². The first-order valence-electron chi connectivity index (χ1n) is 2.94. The van der Waals surface area contributed by atoms with Crippen molar-refractivity contribution in [1.29, 1.82) is 0 Å². The van der Waals surface area contributed by atoms with Crippen LogP contribution in [0.1, 0.15) is 0 Å². The first kappa shape index (κ1) is 8.14. The van der Waals surface area contributed by atoms with Gasteiger partial charge in [-0.05, 0) is 12.1 Å². The van der Waals surface area contributed by atoms with Gasteiger partial charge in [-0.15, -0.1) is 0 Å². The molecule has 0 amide bonds. The summed E-state index contributed by atoms with van der Waals surface area (Å²) in [4.78, 5) is 0. The first-order valence-corrected chi connectivity index (χ1v) is 3.32. The van der Waals surface area contributed by atoms with Crippen molar-refractivity contribution in [1.82, 2.24) is 0 Å². The number of nitrogen functional groups attached to an aromatic ring is 1. The second kappa shape index (κ2) is 2.96. The van der Waals surface area contributed by atoms with Crippen LogP contribution in [0.2, 0.25) is 5.02 Å². The minimum Gasteiger partial charge on any atom is -0.492 e. The Morgan fingerprint density at radius 1 is 1.55 bits per heavy atom. The molecule has 0 fully saturated rings. The average Bonchev–Trinajstić information content (AvgIpc) is 1.99. The molecule has 0 bridgehead atoms. The van der Waals surface area contributed by atoms with E-state index in [1.54, 1.807) is 0 Å². The molecule has 2 nitrogen and oxygen atoms in total. The van der Waals surface area contributed by atoms with E-state index in [4.69, 9.17) is 17.3 Å². The van der Waals surface area contributed by atoms with Crippen LogP contribution in [0, 0.1) is 5.82 Å². The number of nitrogens with two attached hydrogens (primary N) is 1. The van der Waals surface area contributed by atoms with E-state index in [2.05, 4.69) is 4.74 Å². The lowest BCUT2D eigenvalue weighted by Gasteiger charge is -2.04. The molecule has 0 radical (unpaired) electrons. The number of rotatable bonds is 1. The van der Waals surface area contributed by atoms with Crippen LogP contribution in [-0.2, 0) is 0 Å². The van der Waals surface area contributed by atoms with E-state index in [1.807, 2.05) is 0 Å². The monoisotopic (exact) mass is 175 g/mol. The van der Waals surface area contributed by atoms with Crippen molar-refractivity contribution in [3.8, 4) is 5.75 Å². The molecule has 0 aliphatic rings. The normalized spacial score (nSPS) is 9.73. The Balaban J connectivity index is 3.29. The quantitative estimate of drug-likeness (QED) is 0.664. The lowest BCUT2D eigenvalue weighted by atomic mass is 10.3. The number of anilines is 1. The van der Waals surface area contributed by atoms with Crippen molar-refractivity contribution < 1.29 is 9.13 Å². The van der Waals surface area contributed by atoms with Crippen molar-refractivity contribution in [3.05, 3.63) is 23.0 Å². The molecule has 1 aromatic rings. The van der Waals surface area contributed by atoms with E-state index in [9.17, 15) is 4.39 Å². The highest BCUT2D eigenvalue weighted by Crippen LogP contribution is 2.30. The highest BCUT2D eigenvalue weighted by atomic mass is 35.5. The van der Waals surface area contributed by atoms with E-state index in [1.165, 1.54) is 19.2 Å². The Morgan fingerprint density at radius 2 is 2.18 bits per heavy atom. The number of benzene rings is 1. The Hall–Kier alpha value is -0.960. The maximum absolute atomic E-state index is 12.9. The van der Waals surface area contributed by atoms with Gasteiger partial charge in [-0.1, -0.05) is 11.6 Å². The molecule has 1 aromatic carbocycles. The van der Waals surface area contributed by atoms with Crippen LogP contribution in [0.25, 0.3) is 0 Å². The summed E-state index contributed by atoms with van der Waals surface area (Å²) in [6.45, 7) is 0. The van der Waals surface area contributed by atoms with Crippen LogP contribution >= 0.6 is 11.6 Å². The van der Waals surface area contributed by atoms with Crippen LogP contribution in [0.5, 0.6) is 5.75 Å². The van der Waals surface area contributed by atoms with Crippen LogP contribution in [-0.4, -0.2) is 7.11 Å². The highest BCUT2D eigenvalue weighted by Gasteiger charge is 2.09. The van der Waals surface area contributed by atoms with Gasteiger partial charge in [-0.3, -0.25) is 0 Å². The molecule has 0 unspecified atom stereocenters. The van der Waals surface area contributed by atoms with Gasteiger partial charge in [0.25, 0.3) is 0 Å². The minimum absolute atomic E-state index is 0.00772. The molecule has 4 heteroatoms. The Labute approximate surface area is 68.7 Å². The Bertz CT molecular complexity index is 277. The van der Waals surface area contributed by atoms with Gasteiger partial charge in [0, 0.05) is 0 Å². The molecule has 0 aromatic heterocycles. The maximum Gasteiger partial charge on any atom is 0.189 e. The van der Waals surface area contributed by atoms with Gasteiger partial charge in [0.2, 0.25) is 0 Å². The van der Waals surface area contributed by atoms with Crippen molar-refractivity contribution in [3.63, 3.8) is 0 Å². The van der Waals surface area contributed by atoms with Gasteiger partial charge < -0.3 is 10.5 Å². The number of hydrogen-bond donors (Lipinski definition) is 1. The predicted octanol–water partition coefficient (Wildman–Crippen LogP) is 2.07. The second-order valence-corrected chi connectivity index (χ2v) is 2.39. The molecule has 2 N–H and O–H groups in total. The van der Waals surface area contributed by atoms with E-state index >= 15 is 0 Å². The lowest BCUT2D eigenvalue weighted by molar-refractivity contribution is 0.388. The zero-order valence-corrected chi connectivity index (χ0v) is 6.65. The smallest absolute Gasteiger partial charge is 0.189 e. The molecule has 0 saturated heterocycles. The molecule has 0 atom stereocenters. The first-order chi connectivity index (χ1) is 5.16. The number of halogens is 2. The summed E-state index contributed by atoms with van der Waals surface area (Å²) in [6.07, 6.45) is 0. The summed E-state index contributed by atoms with van der Waals surface area (Å²) in [5, 5.41) is 0.221. The van der Waals surface area contributed by atoms with Gasteiger partial charge in [-0.2, -0.15) is 0 Å². The summed E-state index contributed by atoms with van der Waals surface area (Å²) in [7, 11) is 1.34. The van der Waals surface area contributed by atoms with E-state index in [0.717, 1.165) is 0 Å². The summed E-state index contributed by atoms with van der Waals surface area (Å²) in [5.41, 5.74) is 5.29. The average molecular weight is 176 g/mol. The molecule has 60 valence electrons. The summed E-state index contributed by atoms with van der Waals surface area (Å²) >= 11 is 5.58. The molecule has 0 aliphatic carbocycles. The molecular formula is C7H7ClFNO. The second-order valence-electron chi connectivity index (χ2n) is 1.98. The fourth-order valence-corrected chi connectivity index (χ4v) is 0.958. The predicted molar refractivity (Wildman–Crippen MR) is 42.4 cm³/mol. The third kappa shape index (κ3) is 1.38. The van der Waals surface area contributed by atoms with Crippen LogP contribution in [0.15, 0.2) is 12.1 Å². The van der Waals surface area contributed by atoms with Crippen molar-refractivity contribution in [2.45, 2.75) is 0 Å². The number of hydrogen-bond acceptors (Lipinski definition) is 2. The maximum atomic E-state index is 12.9. The lowest BCUT2D eigenvalue weighted by Crippen LogP contribution is -1.95. The summed E-state index contributed by atoms with van der Waals surface area (Å²) < 4.78 is 17.6. The van der Waals surface area contributed by atoms with Gasteiger partial charge in [0.1, 0.15) is 0 Å². The van der Waals surface area contributed by atoms with Crippen molar-refractivity contribution >= 4 is 17.3 Å². The molecule has 0 spiro atoms. The Kier molecular flexibility index (Phi) is 2.19. The van der Waals surface area contributed by atoms with Gasteiger partial charge in [-0.25, -0.2) is 4.39 Å². The van der Waals surface area contributed by atoms with Crippen LogP contribution in [0.4, 0.5) is 10.1 Å².